The third kappa shape index (κ3) is 3.27. The molecule has 2 rings (SSSR count). The molecule has 5 nitrogen and oxygen atoms in total. The number of carbonyl (C=O) groups is 2. The standard InChI is InChI=1S/C19H26ClNO4/c1-13(16(22)23)19(14-6-5-7-15(20)12-14)8-10-21(11-9-19,17(24)25)18(2,3)4/h5-7,12-13H,8-11H2,1-4H3,(H-,22,23,24,25)/p+1. The predicted molar refractivity (Wildman–Crippen MR) is 96.9 cm³/mol. The summed E-state index contributed by atoms with van der Waals surface area (Å²) in [6, 6.07) is 7.31. The van der Waals surface area contributed by atoms with E-state index >= 15 is 0 Å². The minimum atomic E-state index is -0.869. The fraction of sp³-hybridized carbons (Fsp3) is 0.579. The van der Waals surface area contributed by atoms with Gasteiger partial charge in [0.05, 0.1) is 19.0 Å². The quantitative estimate of drug-likeness (QED) is 0.776. The Labute approximate surface area is 153 Å². The second kappa shape index (κ2) is 6.61. The van der Waals surface area contributed by atoms with Crippen molar-refractivity contribution in [2.45, 2.75) is 51.5 Å². The molecular weight excluding hydrogens is 342 g/mol. The van der Waals surface area contributed by atoms with E-state index in [1.54, 1.807) is 13.0 Å². The van der Waals surface area contributed by atoms with Gasteiger partial charge in [-0.25, -0.2) is 4.48 Å². The number of halogens is 1. The zero-order valence-electron chi connectivity index (χ0n) is 15.3. The van der Waals surface area contributed by atoms with E-state index in [4.69, 9.17) is 11.6 Å². The lowest BCUT2D eigenvalue weighted by Gasteiger charge is -2.52. The van der Waals surface area contributed by atoms with Crippen LogP contribution in [0.3, 0.4) is 0 Å². The summed E-state index contributed by atoms with van der Waals surface area (Å²) < 4.78 is -0.0539. The Morgan fingerprint density at radius 2 is 1.76 bits per heavy atom. The van der Waals surface area contributed by atoms with Gasteiger partial charge < -0.3 is 10.2 Å². The first-order chi connectivity index (χ1) is 11.5. The lowest BCUT2D eigenvalue weighted by atomic mass is 9.64. The van der Waals surface area contributed by atoms with Crippen molar-refractivity contribution in [3.63, 3.8) is 0 Å². The summed E-state index contributed by atoms with van der Waals surface area (Å²) in [6.07, 6.45) is 0.129. The second-order valence-electron chi connectivity index (χ2n) is 8.09. The normalized spacial score (nSPS) is 28.4. The van der Waals surface area contributed by atoms with Crippen molar-refractivity contribution in [3.05, 3.63) is 34.9 Å². The number of aliphatic carboxylic acids is 1. The second-order valence-corrected chi connectivity index (χ2v) is 8.53. The molecule has 0 radical (unpaired) electrons. The molecule has 1 fully saturated rings. The summed E-state index contributed by atoms with van der Waals surface area (Å²) in [6.45, 7) is 8.27. The minimum absolute atomic E-state index is 0.0539. The van der Waals surface area contributed by atoms with Crippen molar-refractivity contribution in [1.82, 2.24) is 0 Å². The number of rotatable bonds is 3. The van der Waals surface area contributed by atoms with Gasteiger partial charge in [0.15, 0.2) is 0 Å². The van der Waals surface area contributed by atoms with E-state index in [1.807, 2.05) is 39.0 Å². The van der Waals surface area contributed by atoms with Crippen LogP contribution in [0.4, 0.5) is 4.79 Å². The Hall–Kier alpha value is -1.59. The number of carboxylic acid groups (broad SMARTS) is 2. The molecule has 0 bridgehead atoms. The fourth-order valence-electron chi connectivity index (χ4n) is 4.17. The van der Waals surface area contributed by atoms with Crippen LogP contribution in [0, 0.1) is 5.92 Å². The van der Waals surface area contributed by atoms with Gasteiger partial charge in [-0.05, 0) is 38.5 Å². The summed E-state index contributed by atoms with van der Waals surface area (Å²) >= 11 is 6.14. The van der Waals surface area contributed by atoms with Crippen LogP contribution in [0.15, 0.2) is 24.3 Å². The number of amides is 1. The predicted octanol–water partition coefficient (Wildman–Crippen LogP) is 4.39. The van der Waals surface area contributed by atoms with Gasteiger partial charge in [-0.15, -0.1) is 0 Å². The highest BCUT2D eigenvalue weighted by Crippen LogP contribution is 2.46. The maximum Gasteiger partial charge on any atom is 0.513 e. The summed E-state index contributed by atoms with van der Waals surface area (Å²) in [5, 5.41) is 20.1. The fourth-order valence-corrected chi connectivity index (χ4v) is 4.36. The van der Waals surface area contributed by atoms with Crippen LogP contribution in [0.25, 0.3) is 0 Å². The molecule has 1 amide bonds. The van der Waals surface area contributed by atoms with Crippen molar-refractivity contribution < 1.29 is 24.3 Å². The molecule has 0 spiro atoms. The van der Waals surface area contributed by atoms with Gasteiger partial charge >= 0.3 is 12.1 Å². The molecule has 1 aromatic carbocycles. The van der Waals surface area contributed by atoms with Crippen molar-refractivity contribution in [1.29, 1.82) is 0 Å². The summed E-state index contributed by atoms with van der Waals surface area (Å²) in [7, 11) is 0. The summed E-state index contributed by atoms with van der Waals surface area (Å²) in [4.78, 5) is 23.9. The highest BCUT2D eigenvalue weighted by molar-refractivity contribution is 6.30. The van der Waals surface area contributed by atoms with E-state index in [2.05, 4.69) is 0 Å². The van der Waals surface area contributed by atoms with Gasteiger partial charge in [-0.1, -0.05) is 30.7 Å². The number of piperidine rings is 1. The Bertz CT molecular complexity index is 672. The first kappa shape index (κ1) is 19.7. The number of nitrogens with zero attached hydrogens (tertiary/aromatic N) is 1. The van der Waals surface area contributed by atoms with E-state index in [0.29, 0.717) is 31.0 Å². The average molecular weight is 369 g/mol. The Kier molecular flexibility index (Phi) is 5.22. The molecule has 0 saturated carbocycles. The number of benzene rings is 1. The topological polar surface area (TPSA) is 74.6 Å². The van der Waals surface area contributed by atoms with Crippen LogP contribution in [-0.2, 0) is 10.2 Å². The zero-order chi connectivity index (χ0) is 19.0. The van der Waals surface area contributed by atoms with Crippen LogP contribution in [0.5, 0.6) is 0 Å². The van der Waals surface area contributed by atoms with E-state index in [-0.39, 0.29) is 4.48 Å². The number of likely N-dealkylation sites (tertiary alicyclic amines) is 1. The Balaban J connectivity index is 2.49. The Morgan fingerprint density at radius 3 is 2.16 bits per heavy atom. The lowest BCUT2D eigenvalue weighted by Crippen LogP contribution is -2.68. The molecule has 1 heterocycles. The third-order valence-electron chi connectivity index (χ3n) is 6.13. The van der Waals surface area contributed by atoms with Gasteiger partial charge in [-0.2, -0.15) is 4.79 Å². The maximum atomic E-state index is 12.1. The van der Waals surface area contributed by atoms with Crippen LogP contribution in [0.2, 0.25) is 5.02 Å². The van der Waals surface area contributed by atoms with Crippen molar-refractivity contribution in [3.8, 4) is 0 Å². The highest BCUT2D eigenvalue weighted by Gasteiger charge is 2.56. The molecule has 1 aliphatic rings. The molecule has 1 atom stereocenters. The number of hydrogen-bond donors (Lipinski definition) is 2. The summed E-state index contributed by atoms with van der Waals surface area (Å²) in [5.41, 5.74) is -0.190. The largest absolute Gasteiger partial charge is 0.513 e. The van der Waals surface area contributed by atoms with Crippen LogP contribution >= 0.6 is 11.6 Å². The number of quaternary nitrogens is 1. The van der Waals surface area contributed by atoms with Crippen LogP contribution < -0.4 is 0 Å². The van der Waals surface area contributed by atoms with E-state index in [1.165, 1.54) is 0 Å². The first-order valence-corrected chi connectivity index (χ1v) is 8.94. The van der Waals surface area contributed by atoms with E-state index in [9.17, 15) is 19.8 Å². The monoisotopic (exact) mass is 368 g/mol. The molecule has 6 heteroatoms. The molecule has 1 unspecified atom stereocenters. The van der Waals surface area contributed by atoms with E-state index in [0.717, 1.165) is 5.56 Å². The molecule has 25 heavy (non-hydrogen) atoms. The SMILES string of the molecule is CC(C(=O)O)C1(c2cccc(Cl)c2)CC[N+](C(=O)O)(C(C)(C)C)CC1. The number of hydrogen-bond acceptors (Lipinski definition) is 2. The maximum absolute atomic E-state index is 12.1. The van der Waals surface area contributed by atoms with Crippen molar-refractivity contribution in [2.75, 3.05) is 13.1 Å². The van der Waals surface area contributed by atoms with Crippen LogP contribution in [0.1, 0.15) is 46.1 Å². The van der Waals surface area contributed by atoms with Gasteiger partial charge in [-0.3, -0.25) is 4.79 Å². The molecular formula is C19H27ClNO4+. The van der Waals surface area contributed by atoms with Gasteiger partial charge in [0, 0.05) is 23.3 Å². The molecule has 1 saturated heterocycles. The molecule has 0 aliphatic carbocycles. The molecule has 0 aromatic heterocycles. The smallest absolute Gasteiger partial charge is 0.481 e. The van der Waals surface area contributed by atoms with Crippen molar-refractivity contribution >= 4 is 23.7 Å². The third-order valence-corrected chi connectivity index (χ3v) is 6.36. The van der Waals surface area contributed by atoms with Gasteiger partial charge in [0.25, 0.3) is 0 Å². The zero-order valence-corrected chi connectivity index (χ0v) is 16.0. The van der Waals surface area contributed by atoms with Gasteiger partial charge in [0.1, 0.15) is 5.54 Å². The molecule has 1 aliphatic heterocycles. The first-order valence-electron chi connectivity index (χ1n) is 8.56. The molecule has 138 valence electrons. The van der Waals surface area contributed by atoms with Gasteiger partial charge in [0.2, 0.25) is 0 Å². The van der Waals surface area contributed by atoms with E-state index < -0.39 is 28.9 Å². The van der Waals surface area contributed by atoms with Crippen LogP contribution in [-0.4, -0.2) is 45.4 Å². The Morgan fingerprint density at radius 1 is 1.20 bits per heavy atom. The van der Waals surface area contributed by atoms with Crippen molar-refractivity contribution in [2.24, 2.45) is 5.92 Å². The summed E-state index contributed by atoms with van der Waals surface area (Å²) in [5.74, 6) is -1.49. The highest BCUT2D eigenvalue weighted by atomic mass is 35.5. The average Bonchev–Trinajstić information content (AvgIpc) is 2.52. The number of carboxylic acids is 1. The lowest BCUT2D eigenvalue weighted by molar-refractivity contribution is -0.909. The minimum Gasteiger partial charge on any atom is -0.481 e. The molecule has 1 aromatic rings. The molecule has 2 N–H and O–H groups in total.